The molecule has 3 heterocycles. The average Bonchev–Trinajstić information content (AvgIpc) is 3.12. The van der Waals surface area contributed by atoms with E-state index >= 15 is 0 Å². The van der Waals surface area contributed by atoms with E-state index in [-0.39, 0.29) is 12.1 Å². The van der Waals surface area contributed by atoms with Crippen molar-refractivity contribution in [1.29, 1.82) is 0 Å². The number of anilines is 1. The van der Waals surface area contributed by atoms with Crippen molar-refractivity contribution in [1.82, 2.24) is 19.9 Å². The van der Waals surface area contributed by atoms with E-state index < -0.39 is 0 Å². The molecule has 1 aromatic carbocycles. The number of aryl methyl sites for hydroxylation is 2. The zero-order chi connectivity index (χ0) is 22.6. The second-order valence-electron chi connectivity index (χ2n) is 8.30. The highest BCUT2D eigenvalue weighted by Crippen LogP contribution is 2.37. The van der Waals surface area contributed by atoms with Gasteiger partial charge in [-0.2, -0.15) is 0 Å². The summed E-state index contributed by atoms with van der Waals surface area (Å²) < 4.78 is 6.02. The first kappa shape index (κ1) is 22.1. The normalized spacial score (nSPS) is 12.6. The molecule has 1 aliphatic heterocycles. The minimum atomic E-state index is -0.250. The van der Waals surface area contributed by atoms with Gasteiger partial charge < -0.3 is 14.7 Å². The van der Waals surface area contributed by atoms with Gasteiger partial charge in [-0.1, -0.05) is 6.07 Å². The molecule has 31 heavy (non-hydrogen) atoms. The first-order valence-corrected chi connectivity index (χ1v) is 9.95. The maximum absolute atomic E-state index is 8.36. The maximum Gasteiger partial charge on any atom is 0.290 e. The van der Waals surface area contributed by atoms with Crippen molar-refractivity contribution >= 4 is 12.3 Å². The Bertz CT molecular complexity index is 1050. The smallest absolute Gasteiger partial charge is 0.290 e. The van der Waals surface area contributed by atoms with Crippen LogP contribution in [0.5, 0.6) is 5.75 Å². The Balaban J connectivity index is 0.000000858. The Kier molecular flexibility index (Phi) is 6.48. The number of fused-ring (bicyclic) bond motifs is 1. The Morgan fingerprint density at radius 3 is 2.48 bits per heavy atom. The zero-order valence-electron chi connectivity index (χ0n) is 18.5. The molecule has 0 saturated carbocycles. The first-order valence-electron chi connectivity index (χ1n) is 9.95. The third kappa shape index (κ3) is 5.14. The number of aromatic nitrogens is 4. The SMILES string of the molecule is Cc1cc(OC(C)(C)C)ccc1-c1c(C)ncnc1N1Cc2cncnc2C1.O=CO. The third-order valence-corrected chi connectivity index (χ3v) is 4.79. The summed E-state index contributed by atoms with van der Waals surface area (Å²) in [5.74, 6) is 1.80. The van der Waals surface area contributed by atoms with Gasteiger partial charge in [-0.3, -0.25) is 4.79 Å². The number of carboxylic acid groups (broad SMARTS) is 1. The van der Waals surface area contributed by atoms with Crippen LogP contribution in [0.2, 0.25) is 0 Å². The van der Waals surface area contributed by atoms with Crippen molar-refractivity contribution in [3.63, 3.8) is 0 Å². The highest BCUT2D eigenvalue weighted by atomic mass is 16.5. The summed E-state index contributed by atoms with van der Waals surface area (Å²) in [5, 5.41) is 6.89. The van der Waals surface area contributed by atoms with E-state index in [4.69, 9.17) is 14.6 Å². The van der Waals surface area contributed by atoms with E-state index in [1.165, 1.54) is 0 Å². The second-order valence-corrected chi connectivity index (χ2v) is 8.30. The Hall–Kier alpha value is -3.55. The summed E-state index contributed by atoms with van der Waals surface area (Å²) in [6, 6.07) is 6.21. The Morgan fingerprint density at radius 1 is 1.10 bits per heavy atom. The molecule has 1 N–H and O–H groups in total. The highest BCUT2D eigenvalue weighted by Gasteiger charge is 2.25. The lowest BCUT2D eigenvalue weighted by atomic mass is 9.99. The van der Waals surface area contributed by atoms with Gasteiger partial charge in [-0.15, -0.1) is 0 Å². The number of hydrogen-bond donors (Lipinski definition) is 1. The summed E-state index contributed by atoms with van der Waals surface area (Å²) >= 11 is 0. The largest absolute Gasteiger partial charge is 0.488 e. The number of ether oxygens (including phenoxy) is 1. The van der Waals surface area contributed by atoms with E-state index in [1.807, 2.05) is 19.2 Å². The number of benzene rings is 1. The van der Waals surface area contributed by atoms with Crippen LogP contribution in [0.25, 0.3) is 11.1 Å². The van der Waals surface area contributed by atoms with Crippen molar-refractivity contribution in [2.45, 2.75) is 53.3 Å². The molecular weight excluding hydrogens is 394 g/mol. The molecule has 0 amide bonds. The van der Waals surface area contributed by atoms with Crippen molar-refractivity contribution in [3.05, 3.63) is 59.6 Å². The molecule has 2 aromatic heterocycles. The minimum absolute atomic E-state index is 0.229. The quantitative estimate of drug-likeness (QED) is 0.635. The van der Waals surface area contributed by atoms with Crippen LogP contribution in [0, 0.1) is 13.8 Å². The number of rotatable bonds is 3. The van der Waals surface area contributed by atoms with Crippen LogP contribution in [0.4, 0.5) is 5.82 Å². The fraction of sp³-hybridized carbons (Fsp3) is 0.348. The number of hydrogen-bond acceptors (Lipinski definition) is 7. The van der Waals surface area contributed by atoms with Gasteiger partial charge in [-0.05, 0) is 57.9 Å². The molecule has 0 unspecified atom stereocenters. The van der Waals surface area contributed by atoms with Crippen LogP contribution >= 0.6 is 0 Å². The average molecular weight is 422 g/mol. The molecule has 0 saturated heterocycles. The molecule has 0 fully saturated rings. The van der Waals surface area contributed by atoms with Crippen LogP contribution < -0.4 is 9.64 Å². The van der Waals surface area contributed by atoms with Gasteiger partial charge in [0.05, 0.1) is 17.9 Å². The highest BCUT2D eigenvalue weighted by molar-refractivity contribution is 5.80. The predicted molar refractivity (Wildman–Crippen MR) is 118 cm³/mol. The van der Waals surface area contributed by atoms with Crippen LogP contribution in [0.1, 0.15) is 43.3 Å². The van der Waals surface area contributed by atoms with Crippen molar-refractivity contribution in [3.8, 4) is 16.9 Å². The monoisotopic (exact) mass is 421 g/mol. The van der Waals surface area contributed by atoms with Crippen molar-refractivity contribution in [2.75, 3.05) is 4.90 Å². The molecule has 3 aromatic rings. The van der Waals surface area contributed by atoms with Gasteiger partial charge in [0.1, 0.15) is 29.8 Å². The van der Waals surface area contributed by atoms with Crippen LogP contribution in [-0.2, 0) is 17.9 Å². The summed E-state index contributed by atoms with van der Waals surface area (Å²) in [6.45, 7) is 11.5. The molecule has 4 rings (SSSR count). The number of carbonyl (C=O) groups is 1. The summed E-state index contributed by atoms with van der Waals surface area (Å²) in [4.78, 5) is 28.3. The summed E-state index contributed by atoms with van der Waals surface area (Å²) in [6.07, 6.45) is 5.13. The lowest BCUT2D eigenvalue weighted by molar-refractivity contribution is -0.122. The fourth-order valence-corrected chi connectivity index (χ4v) is 3.60. The lowest BCUT2D eigenvalue weighted by Gasteiger charge is -2.24. The topological polar surface area (TPSA) is 101 Å². The number of nitrogens with zero attached hydrogens (tertiary/aromatic N) is 5. The second kappa shape index (κ2) is 9.07. The standard InChI is InChI=1S/C22H25N5O.CH2O2/c1-14-8-17(28-22(3,4)5)6-7-18(14)20-15(2)24-13-26-21(20)27-10-16-9-23-12-25-19(16)11-27;2-1-3/h6-9,12-13H,10-11H2,1-5H3;1H,(H,2,3). The van der Waals surface area contributed by atoms with Gasteiger partial charge >= 0.3 is 0 Å². The lowest BCUT2D eigenvalue weighted by Crippen LogP contribution is -2.23. The molecule has 8 heteroatoms. The van der Waals surface area contributed by atoms with Crippen LogP contribution in [0.15, 0.2) is 37.1 Å². The third-order valence-electron chi connectivity index (χ3n) is 4.79. The molecule has 0 atom stereocenters. The molecule has 0 radical (unpaired) electrons. The van der Waals surface area contributed by atoms with Gasteiger partial charge in [0, 0.05) is 23.9 Å². The van der Waals surface area contributed by atoms with Gasteiger partial charge in [0.25, 0.3) is 6.47 Å². The molecule has 0 bridgehead atoms. The van der Waals surface area contributed by atoms with E-state index in [1.54, 1.807) is 12.7 Å². The van der Waals surface area contributed by atoms with Gasteiger partial charge in [-0.25, -0.2) is 19.9 Å². The van der Waals surface area contributed by atoms with E-state index in [9.17, 15) is 0 Å². The molecule has 0 aliphatic carbocycles. The molecule has 8 nitrogen and oxygen atoms in total. The predicted octanol–water partition coefficient (Wildman–Crippen LogP) is 3.95. The molecule has 1 aliphatic rings. The Labute approximate surface area is 182 Å². The summed E-state index contributed by atoms with van der Waals surface area (Å²) in [7, 11) is 0. The van der Waals surface area contributed by atoms with Crippen LogP contribution in [-0.4, -0.2) is 37.1 Å². The summed E-state index contributed by atoms with van der Waals surface area (Å²) in [5.41, 5.74) is 6.25. The van der Waals surface area contributed by atoms with Crippen molar-refractivity contribution < 1.29 is 14.6 Å². The maximum atomic E-state index is 8.36. The van der Waals surface area contributed by atoms with Gasteiger partial charge in [0.2, 0.25) is 0 Å². The molecule has 162 valence electrons. The Morgan fingerprint density at radius 2 is 1.84 bits per heavy atom. The van der Waals surface area contributed by atoms with Crippen LogP contribution in [0.3, 0.4) is 0 Å². The van der Waals surface area contributed by atoms with Gasteiger partial charge in [0.15, 0.2) is 0 Å². The van der Waals surface area contributed by atoms with Crippen molar-refractivity contribution in [2.24, 2.45) is 0 Å². The molecular formula is C23H27N5O3. The van der Waals surface area contributed by atoms with E-state index in [2.05, 4.69) is 64.7 Å². The fourth-order valence-electron chi connectivity index (χ4n) is 3.60. The first-order chi connectivity index (χ1) is 14.7. The van der Waals surface area contributed by atoms with E-state index in [0.29, 0.717) is 0 Å². The van der Waals surface area contributed by atoms with E-state index in [0.717, 1.165) is 58.3 Å². The molecule has 0 spiro atoms. The minimum Gasteiger partial charge on any atom is -0.488 e. The zero-order valence-corrected chi connectivity index (χ0v) is 18.5.